The highest BCUT2D eigenvalue weighted by molar-refractivity contribution is 6.02. The number of hydrogen-bond acceptors (Lipinski definition) is 2. The molecule has 0 bridgehead atoms. The first-order valence-electron chi connectivity index (χ1n) is 13.9. The summed E-state index contributed by atoms with van der Waals surface area (Å²) >= 11 is 0. The number of amides is 2. The summed E-state index contributed by atoms with van der Waals surface area (Å²) in [5.74, 6) is -0.679. The highest BCUT2D eigenvalue weighted by Crippen LogP contribution is 2.42. The monoisotopic (exact) mass is 537 g/mol. The van der Waals surface area contributed by atoms with Crippen LogP contribution < -0.4 is 4.90 Å². The third-order valence-electron chi connectivity index (χ3n) is 7.57. The Balaban J connectivity index is 1.51. The van der Waals surface area contributed by atoms with Gasteiger partial charge in [-0.15, -0.1) is 0 Å². The summed E-state index contributed by atoms with van der Waals surface area (Å²) in [7, 11) is 0. The van der Waals surface area contributed by atoms with Crippen molar-refractivity contribution in [1.82, 2.24) is 9.47 Å². The lowest BCUT2D eigenvalue weighted by molar-refractivity contribution is -0.119. The van der Waals surface area contributed by atoms with E-state index in [2.05, 4.69) is 32.3 Å². The maximum Gasteiger partial charge on any atom is 0.254 e. The van der Waals surface area contributed by atoms with E-state index in [1.807, 2.05) is 66.9 Å². The topological polar surface area (TPSA) is 45.6 Å². The Morgan fingerprint density at radius 3 is 2.20 bits per heavy atom. The van der Waals surface area contributed by atoms with E-state index in [4.69, 9.17) is 0 Å². The maximum absolute atomic E-state index is 14.3. The highest BCUT2D eigenvalue weighted by Gasteiger charge is 2.37. The van der Waals surface area contributed by atoms with Gasteiger partial charge in [0.05, 0.1) is 17.1 Å². The lowest BCUT2D eigenvalue weighted by Crippen LogP contribution is -2.47. The largest absolute Gasteiger partial charge is 0.329 e. The summed E-state index contributed by atoms with van der Waals surface area (Å²) in [5.41, 5.74) is 5.04. The van der Waals surface area contributed by atoms with Gasteiger partial charge in [-0.05, 0) is 71.5 Å². The number of halogens is 1. The molecule has 0 N–H and O–H groups in total. The van der Waals surface area contributed by atoms with E-state index in [9.17, 15) is 14.0 Å². The number of carbonyl (C=O) groups is 2. The van der Waals surface area contributed by atoms with Crippen LogP contribution in [0.5, 0.6) is 0 Å². The molecule has 6 heteroatoms. The van der Waals surface area contributed by atoms with Crippen molar-refractivity contribution in [3.05, 3.63) is 119 Å². The second-order valence-electron chi connectivity index (χ2n) is 11.4. The quantitative estimate of drug-likeness (QED) is 0.248. The fraction of sp³-hybridized carbons (Fsp3) is 0.294. The Bertz CT molecular complexity index is 1500. The van der Waals surface area contributed by atoms with Crippen molar-refractivity contribution in [2.24, 2.45) is 0 Å². The minimum absolute atomic E-state index is 0.0197. The molecule has 5 rings (SSSR count). The fourth-order valence-corrected chi connectivity index (χ4v) is 5.36. The maximum atomic E-state index is 14.3. The molecule has 2 amide bonds. The minimum atomic E-state index is -0.466. The fourth-order valence-electron chi connectivity index (χ4n) is 5.36. The van der Waals surface area contributed by atoms with E-state index in [0.29, 0.717) is 12.1 Å². The van der Waals surface area contributed by atoms with Crippen LogP contribution in [0.25, 0.3) is 5.69 Å². The number of carbonyl (C=O) groups excluding carboxylic acids is 2. The van der Waals surface area contributed by atoms with Crippen molar-refractivity contribution in [2.45, 2.75) is 52.0 Å². The minimum Gasteiger partial charge on any atom is -0.329 e. The van der Waals surface area contributed by atoms with E-state index < -0.39 is 6.04 Å². The number of nitrogens with zero attached hydrogens (tertiary/aromatic N) is 3. The van der Waals surface area contributed by atoms with Gasteiger partial charge in [-0.1, -0.05) is 70.5 Å². The van der Waals surface area contributed by atoms with Crippen LogP contribution >= 0.6 is 0 Å². The Labute approximate surface area is 235 Å². The molecule has 0 aliphatic carbocycles. The second kappa shape index (κ2) is 11.1. The van der Waals surface area contributed by atoms with Crippen LogP contribution in [-0.2, 0) is 10.2 Å². The van der Waals surface area contributed by atoms with Crippen LogP contribution in [0.15, 0.2) is 91.1 Å². The van der Waals surface area contributed by atoms with Gasteiger partial charge in [-0.25, -0.2) is 4.39 Å². The number of benzene rings is 3. The molecular formula is C34H36FN3O2. The number of anilines is 1. The second-order valence-corrected chi connectivity index (χ2v) is 11.4. The van der Waals surface area contributed by atoms with Gasteiger partial charge in [0.15, 0.2) is 0 Å². The predicted octanol–water partition coefficient (Wildman–Crippen LogP) is 7.29. The van der Waals surface area contributed by atoms with Gasteiger partial charge in [0.25, 0.3) is 5.91 Å². The normalized spacial score (nSPS) is 14.4. The van der Waals surface area contributed by atoms with E-state index in [0.717, 1.165) is 41.0 Å². The van der Waals surface area contributed by atoms with Crippen molar-refractivity contribution in [2.75, 3.05) is 18.0 Å². The highest BCUT2D eigenvalue weighted by atomic mass is 19.1. The van der Waals surface area contributed by atoms with Crippen molar-refractivity contribution >= 4 is 17.5 Å². The number of hydrogen-bond donors (Lipinski definition) is 0. The Morgan fingerprint density at radius 1 is 0.875 bits per heavy atom. The molecule has 2 heterocycles. The molecule has 1 aromatic heterocycles. The summed E-state index contributed by atoms with van der Waals surface area (Å²) in [5, 5.41) is 0. The molecule has 0 saturated heterocycles. The summed E-state index contributed by atoms with van der Waals surface area (Å²) < 4.78 is 16.0. The zero-order valence-corrected chi connectivity index (χ0v) is 23.6. The molecule has 1 atom stereocenters. The smallest absolute Gasteiger partial charge is 0.254 e. The van der Waals surface area contributed by atoms with Crippen LogP contribution in [0, 0.1) is 5.82 Å². The molecule has 1 aliphatic heterocycles. The third kappa shape index (κ3) is 5.31. The van der Waals surface area contributed by atoms with Crippen molar-refractivity contribution < 1.29 is 14.0 Å². The Morgan fingerprint density at radius 2 is 1.55 bits per heavy atom. The lowest BCUT2D eigenvalue weighted by atomic mass is 9.86. The molecule has 40 heavy (non-hydrogen) atoms. The van der Waals surface area contributed by atoms with Gasteiger partial charge in [0, 0.05) is 18.3 Å². The molecular weight excluding hydrogens is 501 g/mol. The van der Waals surface area contributed by atoms with Crippen molar-refractivity contribution in [3.63, 3.8) is 0 Å². The van der Waals surface area contributed by atoms with Crippen LogP contribution in [0.2, 0.25) is 0 Å². The van der Waals surface area contributed by atoms with Crippen molar-refractivity contribution in [3.8, 4) is 5.69 Å². The SMILES string of the molecule is CCCCN(CC(=O)N1c2ccccc2-n2cccc2C1c1ccc(F)cc1)C(=O)c1ccc(C(C)(C)C)cc1. The first-order valence-corrected chi connectivity index (χ1v) is 13.9. The zero-order chi connectivity index (χ0) is 28.4. The zero-order valence-electron chi connectivity index (χ0n) is 23.6. The van der Waals surface area contributed by atoms with E-state index in [-0.39, 0.29) is 29.6 Å². The number of aromatic nitrogens is 1. The lowest BCUT2D eigenvalue weighted by Gasteiger charge is -2.39. The molecule has 0 radical (unpaired) electrons. The van der Waals surface area contributed by atoms with Crippen molar-refractivity contribution in [1.29, 1.82) is 0 Å². The van der Waals surface area contributed by atoms with Crippen LogP contribution in [0.4, 0.5) is 10.1 Å². The summed E-state index contributed by atoms with van der Waals surface area (Å²) in [6.07, 6.45) is 3.67. The molecule has 0 fully saturated rings. The van der Waals surface area contributed by atoms with Gasteiger partial charge in [-0.2, -0.15) is 0 Å². The molecule has 0 saturated carbocycles. The molecule has 1 aliphatic rings. The van der Waals surface area contributed by atoms with E-state index in [1.165, 1.54) is 12.1 Å². The standard InChI is InChI=1S/C34H36FN3O2/c1-5-6-21-36(33(40)25-13-17-26(18-14-25)34(2,3)4)23-31(39)38-29-11-8-7-10-28(29)37-22-9-12-30(37)32(38)24-15-19-27(35)20-16-24/h7-20,22,32H,5-6,21,23H2,1-4H3. The number of fused-ring (bicyclic) bond motifs is 3. The Hall–Kier alpha value is -4.19. The van der Waals surface area contributed by atoms with Gasteiger partial charge >= 0.3 is 0 Å². The van der Waals surface area contributed by atoms with Gasteiger partial charge in [0.1, 0.15) is 18.4 Å². The average molecular weight is 538 g/mol. The summed E-state index contributed by atoms with van der Waals surface area (Å²) in [6, 6.07) is 25.2. The van der Waals surface area contributed by atoms with E-state index in [1.54, 1.807) is 21.9 Å². The van der Waals surface area contributed by atoms with E-state index >= 15 is 0 Å². The molecule has 1 unspecified atom stereocenters. The van der Waals surface area contributed by atoms with Crippen LogP contribution in [0.3, 0.4) is 0 Å². The Kier molecular flexibility index (Phi) is 7.61. The third-order valence-corrected chi connectivity index (χ3v) is 7.57. The van der Waals surface area contributed by atoms with Gasteiger partial charge in [0.2, 0.25) is 5.91 Å². The molecule has 5 nitrogen and oxygen atoms in total. The molecule has 3 aromatic carbocycles. The molecule has 206 valence electrons. The molecule has 0 spiro atoms. The predicted molar refractivity (Wildman–Crippen MR) is 157 cm³/mol. The summed E-state index contributed by atoms with van der Waals surface area (Å²) in [6.45, 7) is 8.91. The molecule has 4 aromatic rings. The van der Waals surface area contributed by atoms with Gasteiger partial charge < -0.3 is 9.47 Å². The average Bonchev–Trinajstić information content (AvgIpc) is 3.44. The number of para-hydroxylation sites is 2. The summed E-state index contributed by atoms with van der Waals surface area (Å²) in [4.78, 5) is 31.5. The first-order chi connectivity index (χ1) is 19.2. The van der Waals surface area contributed by atoms with Gasteiger partial charge in [-0.3, -0.25) is 14.5 Å². The number of rotatable bonds is 7. The first kappa shape index (κ1) is 27.4. The van der Waals surface area contributed by atoms with Crippen LogP contribution in [-0.4, -0.2) is 34.4 Å². The van der Waals surface area contributed by atoms with Crippen LogP contribution in [0.1, 0.15) is 73.8 Å². The number of unbranched alkanes of at least 4 members (excludes halogenated alkanes) is 1.